The second kappa shape index (κ2) is 3.58. The van der Waals surface area contributed by atoms with Crippen molar-refractivity contribution in [2.24, 2.45) is 0 Å². The van der Waals surface area contributed by atoms with Crippen LogP contribution in [-0.2, 0) is 4.74 Å². The van der Waals surface area contributed by atoms with Crippen LogP contribution in [0.15, 0.2) is 18.3 Å². The fourth-order valence-corrected chi connectivity index (χ4v) is 1.62. The Morgan fingerprint density at radius 2 is 2.36 bits per heavy atom. The topological polar surface area (TPSA) is 34.1 Å². The third-order valence-corrected chi connectivity index (χ3v) is 2.56. The summed E-state index contributed by atoms with van der Waals surface area (Å²) in [4.78, 5) is 4.32. The maximum absolute atomic E-state index is 5.37. The first-order valence-corrected chi connectivity index (χ1v) is 4.97. The monoisotopic (exact) mass is 192 g/mol. The highest BCUT2D eigenvalue weighted by Gasteiger charge is 2.29. The van der Waals surface area contributed by atoms with Crippen molar-refractivity contribution in [3.63, 3.8) is 0 Å². The second-order valence-corrected chi connectivity index (χ2v) is 4.21. The molecule has 1 fully saturated rings. The molecule has 1 N–H and O–H groups in total. The molecule has 0 aromatic carbocycles. The Morgan fingerprint density at radius 1 is 1.50 bits per heavy atom. The third-order valence-electron chi connectivity index (χ3n) is 2.56. The number of nitrogens with zero attached hydrogens (tertiary/aromatic N) is 1. The lowest BCUT2D eigenvalue weighted by Crippen LogP contribution is -2.35. The van der Waals surface area contributed by atoms with Crippen molar-refractivity contribution in [1.82, 2.24) is 4.98 Å². The minimum Gasteiger partial charge on any atom is -0.379 e. The van der Waals surface area contributed by atoms with Crippen LogP contribution in [0.25, 0.3) is 0 Å². The predicted molar refractivity (Wildman–Crippen MR) is 56.4 cm³/mol. The molecule has 1 atom stereocenters. The molecule has 0 radical (unpaired) electrons. The van der Waals surface area contributed by atoms with Gasteiger partial charge in [-0.15, -0.1) is 0 Å². The normalized spacial score (nSPS) is 26.4. The van der Waals surface area contributed by atoms with Gasteiger partial charge >= 0.3 is 0 Å². The molecule has 3 nitrogen and oxygen atoms in total. The molecule has 1 aliphatic heterocycles. The van der Waals surface area contributed by atoms with Crippen molar-refractivity contribution in [2.75, 3.05) is 18.5 Å². The molecule has 76 valence electrons. The van der Waals surface area contributed by atoms with E-state index in [0.29, 0.717) is 0 Å². The van der Waals surface area contributed by atoms with E-state index < -0.39 is 0 Å². The van der Waals surface area contributed by atoms with Crippen LogP contribution in [0.1, 0.15) is 18.9 Å². The molecule has 1 aromatic heterocycles. The maximum atomic E-state index is 5.37. The summed E-state index contributed by atoms with van der Waals surface area (Å²) in [7, 11) is 0. The molecule has 1 saturated heterocycles. The fourth-order valence-electron chi connectivity index (χ4n) is 1.62. The Kier molecular flexibility index (Phi) is 2.42. The Labute approximate surface area is 84.5 Å². The summed E-state index contributed by atoms with van der Waals surface area (Å²) in [5.74, 6) is 0.934. The Hall–Kier alpha value is -1.09. The van der Waals surface area contributed by atoms with E-state index in [0.717, 1.165) is 25.5 Å². The summed E-state index contributed by atoms with van der Waals surface area (Å²) in [5, 5.41) is 3.41. The van der Waals surface area contributed by atoms with Crippen LogP contribution in [0.2, 0.25) is 0 Å². The Morgan fingerprint density at radius 3 is 2.93 bits per heavy atom. The fraction of sp³-hybridized carbons (Fsp3) is 0.545. The number of nitrogens with one attached hydrogen (secondary N) is 1. The van der Waals surface area contributed by atoms with Gasteiger partial charge in [0.05, 0.1) is 12.1 Å². The standard InChI is InChI=1S/C11H16N2O/c1-9-3-4-10(12-7-9)13-11(2)5-6-14-8-11/h3-4,7H,5-6,8H2,1-2H3,(H,12,13). The zero-order chi connectivity index (χ0) is 10.0. The molecule has 2 rings (SSSR count). The number of aryl methyl sites for hydroxylation is 1. The average Bonchev–Trinajstić information content (AvgIpc) is 2.57. The third kappa shape index (κ3) is 2.04. The number of anilines is 1. The molecule has 0 spiro atoms. The highest BCUT2D eigenvalue weighted by molar-refractivity contribution is 5.38. The lowest BCUT2D eigenvalue weighted by molar-refractivity contribution is 0.185. The van der Waals surface area contributed by atoms with Crippen LogP contribution in [0, 0.1) is 6.92 Å². The highest BCUT2D eigenvalue weighted by atomic mass is 16.5. The molecule has 14 heavy (non-hydrogen) atoms. The van der Waals surface area contributed by atoms with Crippen LogP contribution >= 0.6 is 0 Å². The van der Waals surface area contributed by atoms with Gasteiger partial charge in [-0.25, -0.2) is 4.98 Å². The lowest BCUT2D eigenvalue weighted by atomic mass is 10.0. The number of ether oxygens (including phenoxy) is 1. The minimum absolute atomic E-state index is 0.0578. The molecule has 0 aliphatic carbocycles. The maximum Gasteiger partial charge on any atom is 0.126 e. The van der Waals surface area contributed by atoms with Gasteiger partial charge in [-0.3, -0.25) is 0 Å². The molecule has 2 heterocycles. The first-order chi connectivity index (χ1) is 6.68. The van der Waals surface area contributed by atoms with Gasteiger partial charge in [-0.2, -0.15) is 0 Å². The summed E-state index contributed by atoms with van der Waals surface area (Å²) in [5.41, 5.74) is 1.24. The molecular formula is C11H16N2O. The number of hydrogen-bond acceptors (Lipinski definition) is 3. The van der Waals surface area contributed by atoms with Gasteiger partial charge in [0.2, 0.25) is 0 Å². The van der Waals surface area contributed by atoms with E-state index in [4.69, 9.17) is 4.74 Å². The number of hydrogen-bond donors (Lipinski definition) is 1. The second-order valence-electron chi connectivity index (χ2n) is 4.21. The van der Waals surface area contributed by atoms with Crippen molar-refractivity contribution in [2.45, 2.75) is 25.8 Å². The van der Waals surface area contributed by atoms with E-state index in [1.807, 2.05) is 19.2 Å². The van der Waals surface area contributed by atoms with Crippen LogP contribution < -0.4 is 5.32 Å². The van der Waals surface area contributed by atoms with Gasteiger partial charge in [0.15, 0.2) is 0 Å². The van der Waals surface area contributed by atoms with Crippen LogP contribution in [-0.4, -0.2) is 23.7 Å². The molecule has 0 saturated carbocycles. The minimum atomic E-state index is 0.0578. The summed E-state index contributed by atoms with van der Waals surface area (Å²) in [6.07, 6.45) is 2.92. The van der Waals surface area contributed by atoms with Gasteiger partial charge in [0.1, 0.15) is 5.82 Å². The molecule has 0 amide bonds. The van der Waals surface area contributed by atoms with E-state index in [-0.39, 0.29) is 5.54 Å². The zero-order valence-electron chi connectivity index (χ0n) is 8.71. The molecular weight excluding hydrogens is 176 g/mol. The van der Waals surface area contributed by atoms with E-state index in [2.05, 4.69) is 23.3 Å². The highest BCUT2D eigenvalue weighted by Crippen LogP contribution is 2.22. The van der Waals surface area contributed by atoms with Gasteiger partial charge < -0.3 is 10.1 Å². The number of aromatic nitrogens is 1. The van der Waals surface area contributed by atoms with E-state index in [1.165, 1.54) is 5.56 Å². The van der Waals surface area contributed by atoms with Crippen molar-refractivity contribution in [3.8, 4) is 0 Å². The molecule has 1 aromatic rings. The van der Waals surface area contributed by atoms with Gasteiger partial charge in [0.25, 0.3) is 0 Å². The van der Waals surface area contributed by atoms with E-state index in [9.17, 15) is 0 Å². The first kappa shape index (κ1) is 9.46. The van der Waals surface area contributed by atoms with Gasteiger partial charge in [-0.1, -0.05) is 6.07 Å². The van der Waals surface area contributed by atoms with Crippen LogP contribution in [0.4, 0.5) is 5.82 Å². The predicted octanol–water partition coefficient (Wildman–Crippen LogP) is 1.98. The van der Waals surface area contributed by atoms with Crippen molar-refractivity contribution < 1.29 is 4.74 Å². The largest absolute Gasteiger partial charge is 0.379 e. The molecule has 0 bridgehead atoms. The van der Waals surface area contributed by atoms with E-state index in [1.54, 1.807) is 0 Å². The number of pyridine rings is 1. The zero-order valence-corrected chi connectivity index (χ0v) is 8.71. The lowest BCUT2D eigenvalue weighted by Gasteiger charge is -2.24. The Balaban J connectivity index is 2.06. The SMILES string of the molecule is Cc1ccc(NC2(C)CCOC2)nc1. The van der Waals surface area contributed by atoms with E-state index >= 15 is 0 Å². The van der Waals surface area contributed by atoms with Crippen molar-refractivity contribution in [3.05, 3.63) is 23.9 Å². The quantitative estimate of drug-likeness (QED) is 0.778. The molecule has 1 aliphatic rings. The van der Waals surface area contributed by atoms with Gasteiger partial charge in [-0.05, 0) is 31.9 Å². The van der Waals surface area contributed by atoms with Gasteiger partial charge in [0, 0.05) is 12.8 Å². The summed E-state index contributed by atoms with van der Waals surface area (Å²) < 4.78 is 5.37. The average molecular weight is 192 g/mol. The van der Waals surface area contributed by atoms with Crippen LogP contribution in [0.5, 0.6) is 0 Å². The summed E-state index contributed by atoms with van der Waals surface area (Å²) >= 11 is 0. The number of rotatable bonds is 2. The Bertz CT molecular complexity index is 302. The summed E-state index contributed by atoms with van der Waals surface area (Å²) in [6.45, 7) is 5.82. The van der Waals surface area contributed by atoms with Crippen molar-refractivity contribution in [1.29, 1.82) is 0 Å². The molecule has 1 unspecified atom stereocenters. The van der Waals surface area contributed by atoms with Crippen molar-refractivity contribution >= 4 is 5.82 Å². The van der Waals surface area contributed by atoms with Crippen LogP contribution in [0.3, 0.4) is 0 Å². The molecule has 3 heteroatoms. The smallest absolute Gasteiger partial charge is 0.126 e. The first-order valence-electron chi connectivity index (χ1n) is 4.97. The summed E-state index contributed by atoms with van der Waals surface area (Å²) in [6, 6.07) is 4.08.